The Hall–Kier alpha value is -1.53. The van der Waals surface area contributed by atoms with Crippen molar-refractivity contribution in [1.29, 1.82) is 0 Å². The quantitative estimate of drug-likeness (QED) is 0.784. The van der Waals surface area contributed by atoms with Crippen molar-refractivity contribution in [3.8, 4) is 0 Å². The van der Waals surface area contributed by atoms with Crippen molar-refractivity contribution < 1.29 is 13.9 Å². The van der Waals surface area contributed by atoms with Crippen molar-refractivity contribution in [2.24, 2.45) is 5.92 Å². The van der Waals surface area contributed by atoms with Gasteiger partial charge in [-0.05, 0) is 31.0 Å². The SMILES string of the molecule is COCCN1CCC(CNC(=O)NCc2ccco2)C1. The van der Waals surface area contributed by atoms with Gasteiger partial charge in [0.25, 0.3) is 0 Å². The zero-order valence-corrected chi connectivity index (χ0v) is 11.9. The van der Waals surface area contributed by atoms with Crippen LogP contribution < -0.4 is 10.6 Å². The molecule has 6 heteroatoms. The Labute approximate surface area is 119 Å². The number of ether oxygens (including phenoxy) is 1. The zero-order chi connectivity index (χ0) is 14.2. The lowest BCUT2D eigenvalue weighted by molar-refractivity contribution is 0.159. The fourth-order valence-electron chi connectivity index (χ4n) is 2.38. The molecule has 6 nitrogen and oxygen atoms in total. The molecule has 112 valence electrons. The number of hydrogen-bond acceptors (Lipinski definition) is 4. The minimum absolute atomic E-state index is 0.142. The van der Waals surface area contributed by atoms with Crippen LogP contribution >= 0.6 is 0 Å². The standard InChI is InChI=1S/C14H23N3O3/c1-19-8-6-17-5-4-12(11-17)9-15-14(18)16-10-13-3-2-7-20-13/h2-3,7,12H,4-6,8-11H2,1H3,(H2,15,16,18). The van der Waals surface area contributed by atoms with E-state index in [0.717, 1.165) is 38.4 Å². The Balaban J connectivity index is 1.57. The predicted octanol–water partition coefficient (Wildman–Crippen LogP) is 1.05. The van der Waals surface area contributed by atoms with Gasteiger partial charge in [0.2, 0.25) is 0 Å². The number of hydrogen-bond donors (Lipinski definition) is 2. The summed E-state index contributed by atoms with van der Waals surface area (Å²) in [6, 6.07) is 3.50. The van der Waals surface area contributed by atoms with Crippen LogP contribution in [-0.2, 0) is 11.3 Å². The average molecular weight is 281 g/mol. The van der Waals surface area contributed by atoms with E-state index < -0.39 is 0 Å². The van der Waals surface area contributed by atoms with Crippen molar-refractivity contribution >= 4 is 6.03 Å². The Morgan fingerprint density at radius 3 is 3.20 bits per heavy atom. The molecule has 2 amide bonds. The first-order chi connectivity index (χ1) is 9.78. The minimum Gasteiger partial charge on any atom is -0.467 e. The first kappa shape index (κ1) is 14.9. The Bertz CT molecular complexity index is 394. The van der Waals surface area contributed by atoms with Gasteiger partial charge in [0, 0.05) is 26.7 Å². The van der Waals surface area contributed by atoms with Crippen molar-refractivity contribution in [2.75, 3.05) is 39.9 Å². The number of methoxy groups -OCH3 is 1. The molecule has 1 unspecified atom stereocenters. The molecule has 1 aliphatic heterocycles. The van der Waals surface area contributed by atoms with E-state index in [4.69, 9.17) is 9.15 Å². The lowest BCUT2D eigenvalue weighted by atomic mass is 10.1. The van der Waals surface area contributed by atoms with Gasteiger partial charge in [-0.1, -0.05) is 0 Å². The molecule has 2 N–H and O–H groups in total. The van der Waals surface area contributed by atoms with Gasteiger partial charge in [-0.25, -0.2) is 4.79 Å². The molecule has 1 aromatic rings. The Kier molecular flexibility index (Phi) is 5.88. The number of urea groups is 1. The van der Waals surface area contributed by atoms with E-state index in [1.807, 2.05) is 12.1 Å². The van der Waals surface area contributed by atoms with Gasteiger partial charge in [-0.3, -0.25) is 0 Å². The third-order valence-corrected chi connectivity index (χ3v) is 3.54. The van der Waals surface area contributed by atoms with Crippen molar-refractivity contribution in [3.05, 3.63) is 24.2 Å². The Morgan fingerprint density at radius 1 is 1.55 bits per heavy atom. The first-order valence-electron chi connectivity index (χ1n) is 7.03. The monoisotopic (exact) mass is 281 g/mol. The average Bonchev–Trinajstić information content (AvgIpc) is 3.12. The summed E-state index contributed by atoms with van der Waals surface area (Å²) in [6.07, 6.45) is 2.73. The molecule has 0 spiro atoms. The van der Waals surface area contributed by atoms with Gasteiger partial charge in [-0.15, -0.1) is 0 Å². The van der Waals surface area contributed by atoms with E-state index >= 15 is 0 Å². The summed E-state index contributed by atoms with van der Waals surface area (Å²) < 4.78 is 10.2. The third-order valence-electron chi connectivity index (χ3n) is 3.54. The highest BCUT2D eigenvalue weighted by atomic mass is 16.5. The van der Waals surface area contributed by atoms with E-state index in [0.29, 0.717) is 19.0 Å². The van der Waals surface area contributed by atoms with Gasteiger partial charge in [0.1, 0.15) is 5.76 Å². The van der Waals surface area contributed by atoms with E-state index in [2.05, 4.69) is 15.5 Å². The molecule has 2 heterocycles. The van der Waals surface area contributed by atoms with E-state index in [1.165, 1.54) is 0 Å². The van der Waals surface area contributed by atoms with Crippen LogP contribution in [0.3, 0.4) is 0 Å². The molecule has 20 heavy (non-hydrogen) atoms. The fraction of sp³-hybridized carbons (Fsp3) is 0.643. The van der Waals surface area contributed by atoms with E-state index in [-0.39, 0.29) is 6.03 Å². The molecule has 1 aromatic heterocycles. The summed E-state index contributed by atoms with van der Waals surface area (Å²) in [6.45, 7) is 4.99. The predicted molar refractivity (Wildman–Crippen MR) is 75.4 cm³/mol. The number of rotatable bonds is 7. The van der Waals surface area contributed by atoms with Gasteiger partial charge in [-0.2, -0.15) is 0 Å². The summed E-state index contributed by atoms with van der Waals surface area (Å²) in [5.74, 6) is 1.29. The third kappa shape index (κ3) is 4.86. The summed E-state index contributed by atoms with van der Waals surface area (Å²) in [5, 5.41) is 5.69. The molecule has 0 bridgehead atoms. The second-order valence-electron chi connectivity index (χ2n) is 5.09. The van der Waals surface area contributed by atoms with Crippen LogP contribution in [0.1, 0.15) is 12.2 Å². The van der Waals surface area contributed by atoms with Crippen molar-refractivity contribution in [1.82, 2.24) is 15.5 Å². The second kappa shape index (κ2) is 7.91. The topological polar surface area (TPSA) is 66.7 Å². The summed E-state index contributed by atoms with van der Waals surface area (Å²) in [5.41, 5.74) is 0. The summed E-state index contributed by atoms with van der Waals surface area (Å²) >= 11 is 0. The molecule has 1 aliphatic rings. The van der Waals surface area contributed by atoms with Crippen LogP contribution in [0, 0.1) is 5.92 Å². The number of carbonyl (C=O) groups excluding carboxylic acids is 1. The van der Waals surface area contributed by atoms with Gasteiger partial charge < -0.3 is 24.7 Å². The largest absolute Gasteiger partial charge is 0.467 e. The Morgan fingerprint density at radius 2 is 2.45 bits per heavy atom. The summed E-state index contributed by atoms with van der Waals surface area (Å²) in [4.78, 5) is 14.0. The van der Waals surface area contributed by atoms with Crippen LogP contribution in [0.5, 0.6) is 0 Å². The number of carbonyl (C=O) groups is 1. The van der Waals surface area contributed by atoms with E-state index in [1.54, 1.807) is 13.4 Å². The first-order valence-corrected chi connectivity index (χ1v) is 7.03. The van der Waals surface area contributed by atoms with Crippen molar-refractivity contribution in [2.45, 2.75) is 13.0 Å². The highest BCUT2D eigenvalue weighted by Gasteiger charge is 2.22. The molecule has 0 radical (unpaired) electrons. The van der Waals surface area contributed by atoms with E-state index in [9.17, 15) is 4.79 Å². The molecule has 2 rings (SSSR count). The number of furan rings is 1. The fourth-order valence-corrected chi connectivity index (χ4v) is 2.38. The van der Waals surface area contributed by atoms with Gasteiger partial charge >= 0.3 is 6.03 Å². The smallest absolute Gasteiger partial charge is 0.315 e. The maximum Gasteiger partial charge on any atom is 0.315 e. The number of amides is 2. The lowest BCUT2D eigenvalue weighted by Gasteiger charge is -2.15. The molecular weight excluding hydrogens is 258 g/mol. The maximum absolute atomic E-state index is 11.7. The molecular formula is C14H23N3O3. The molecule has 0 saturated carbocycles. The summed E-state index contributed by atoms with van der Waals surface area (Å²) in [7, 11) is 1.72. The molecule has 0 aromatic carbocycles. The van der Waals surface area contributed by atoms with Crippen LogP contribution in [0.15, 0.2) is 22.8 Å². The number of nitrogens with zero attached hydrogens (tertiary/aromatic N) is 1. The van der Waals surface area contributed by atoms with Gasteiger partial charge in [0.05, 0.1) is 19.4 Å². The maximum atomic E-state index is 11.7. The second-order valence-corrected chi connectivity index (χ2v) is 5.09. The lowest BCUT2D eigenvalue weighted by Crippen LogP contribution is -2.38. The zero-order valence-electron chi connectivity index (χ0n) is 11.9. The van der Waals surface area contributed by atoms with Crippen LogP contribution in [-0.4, -0.2) is 50.8 Å². The van der Waals surface area contributed by atoms with Crippen LogP contribution in [0.2, 0.25) is 0 Å². The number of nitrogens with one attached hydrogen (secondary N) is 2. The van der Waals surface area contributed by atoms with Crippen LogP contribution in [0.25, 0.3) is 0 Å². The molecule has 0 aliphatic carbocycles. The molecule has 1 saturated heterocycles. The molecule has 1 fully saturated rings. The van der Waals surface area contributed by atoms with Crippen molar-refractivity contribution in [3.63, 3.8) is 0 Å². The highest BCUT2D eigenvalue weighted by molar-refractivity contribution is 5.73. The van der Waals surface area contributed by atoms with Gasteiger partial charge in [0.15, 0.2) is 0 Å². The molecule has 1 atom stereocenters. The highest BCUT2D eigenvalue weighted by Crippen LogP contribution is 2.14. The van der Waals surface area contributed by atoms with Crippen LogP contribution in [0.4, 0.5) is 4.79 Å². The minimum atomic E-state index is -0.142. The number of likely N-dealkylation sites (tertiary alicyclic amines) is 1. The normalized spacial score (nSPS) is 19.1.